The van der Waals surface area contributed by atoms with Gasteiger partial charge in [0, 0.05) is 17.7 Å². The van der Waals surface area contributed by atoms with Gasteiger partial charge in [0.15, 0.2) is 0 Å². The van der Waals surface area contributed by atoms with Crippen molar-refractivity contribution in [3.63, 3.8) is 0 Å². The highest BCUT2D eigenvalue weighted by Gasteiger charge is 2.11. The first kappa shape index (κ1) is 15.8. The minimum atomic E-state index is -0.406. The Balaban J connectivity index is 1.91. The Morgan fingerprint density at radius 2 is 1.91 bits per heavy atom. The number of amides is 1. The van der Waals surface area contributed by atoms with Gasteiger partial charge in [-0.25, -0.2) is 4.79 Å². The van der Waals surface area contributed by atoms with Gasteiger partial charge in [-0.3, -0.25) is 4.79 Å². The topological polar surface area (TPSA) is 81.4 Å². The van der Waals surface area contributed by atoms with Gasteiger partial charge in [0.05, 0.1) is 18.4 Å². The zero-order chi connectivity index (χ0) is 16.1. The Bertz CT molecular complexity index is 654. The molecule has 116 valence electrons. The van der Waals surface area contributed by atoms with E-state index < -0.39 is 5.97 Å². The number of carbonyl (C=O) groups excluding carboxylic acids is 2. The third-order valence-electron chi connectivity index (χ3n) is 3.37. The van der Waals surface area contributed by atoms with Gasteiger partial charge in [-0.05, 0) is 44.5 Å². The average Bonchev–Trinajstić information content (AvgIpc) is 2.84. The zero-order valence-electron chi connectivity index (χ0n) is 12.8. The molecule has 1 heterocycles. The lowest BCUT2D eigenvalue weighted by molar-refractivity contribution is -0.116. The number of esters is 1. The zero-order valence-corrected chi connectivity index (χ0v) is 12.8. The van der Waals surface area contributed by atoms with Gasteiger partial charge in [0.1, 0.15) is 5.76 Å². The van der Waals surface area contributed by atoms with Crippen LogP contribution in [0.1, 0.15) is 33.8 Å². The van der Waals surface area contributed by atoms with E-state index in [0.29, 0.717) is 24.1 Å². The Morgan fingerprint density at radius 3 is 2.45 bits per heavy atom. The monoisotopic (exact) mass is 302 g/mol. The number of aromatic nitrogens is 1. The van der Waals surface area contributed by atoms with Crippen molar-refractivity contribution in [1.82, 2.24) is 5.16 Å². The lowest BCUT2D eigenvalue weighted by Gasteiger charge is -2.06. The Morgan fingerprint density at radius 1 is 1.23 bits per heavy atom. The van der Waals surface area contributed by atoms with Crippen LogP contribution in [-0.4, -0.2) is 24.1 Å². The second-order valence-electron chi connectivity index (χ2n) is 4.92. The van der Waals surface area contributed by atoms with Crippen LogP contribution in [0.15, 0.2) is 28.8 Å². The van der Waals surface area contributed by atoms with Crippen molar-refractivity contribution in [3.8, 4) is 0 Å². The SMILES string of the molecule is COC(=O)c1ccc(NC(=O)CCc2c(C)noc2C)cc1. The smallest absolute Gasteiger partial charge is 0.337 e. The average molecular weight is 302 g/mol. The first-order valence-corrected chi connectivity index (χ1v) is 6.91. The summed E-state index contributed by atoms with van der Waals surface area (Å²) in [4.78, 5) is 23.3. The van der Waals surface area contributed by atoms with Gasteiger partial charge in [0.25, 0.3) is 0 Å². The fourth-order valence-corrected chi connectivity index (χ4v) is 2.13. The summed E-state index contributed by atoms with van der Waals surface area (Å²) < 4.78 is 9.69. The van der Waals surface area contributed by atoms with E-state index in [0.717, 1.165) is 17.0 Å². The maximum absolute atomic E-state index is 12.0. The standard InChI is InChI=1S/C16H18N2O4/c1-10-14(11(2)22-18-10)8-9-15(19)17-13-6-4-12(5-7-13)16(20)21-3/h4-7H,8-9H2,1-3H3,(H,17,19). The van der Waals surface area contributed by atoms with Gasteiger partial charge in [0.2, 0.25) is 5.91 Å². The van der Waals surface area contributed by atoms with Crippen LogP contribution in [0.2, 0.25) is 0 Å². The van der Waals surface area contributed by atoms with Crippen molar-refractivity contribution in [2.45, 2.75) is 26.7 Å². The quantitative estimate of drug-likeness (QED) is 0.859. The number of aryl methyl sites for hydroxylation is 2. The molecule has 1 N–H and O–H groups in total. The highest BCUT2D eigenvalue weighted by Crippen LogP contribution is 2.15. The summed E-state index contributed by atoms with van der Waals surface area (Å²) >= 11 is 0. The molecule has 1 aromatic carbocycles. The van der Waals surface area contributed by atoms with Crippen LogP contribution in [-0.2, 0) is 16.0 Å². The number of nitrogens with one attached hydrogen (secondary N) is 1. The van der Waals surface area contributed by atoms with Crippen LogP contribution in [0.4, 0.5) is 5.69 Å². The largest absolute Gasteiger partial charge is 0.465 e. The molecule has 1 aromatic heterocycles. The number of hydrogen-bond acceptors (Lipinski definition) is 5. The minimum absolute atomic E-state index is 0.106. The number of carbonyl (C=O) groups is 2. The third kappa shape index (κ3) is 3.72. The Kier molecular flexibility index (Phi) is 4.93. The van der Waals surface area contributed by atoms with E-state index in [-0.39, 0.29) is 5.91 Å². The molecule has 1 amide bonds. The predicted octanol–water partition coefficient (Wildman–Crippen LogP) is 2.65. The molecule has 2 aromatic rings. The molecule has 0 bridgehead atoms. The molecule has 6 nitrogen and oxygen atoms in total. The van der Waals surface area contributed by atoms with Crippen LogP contribution >= 0.6 is 0 Å². The molecule has 0 fully saturated rings. The van der Waals surface area contributed by atoms with Crippen molar-refractivity contribution >= 4 is 17.6 Å². The number of benzene rings is 1. The molecule has 0 saturated carbocycles. The van der Waals surface area contributed by atoms with E-state index >= 15 is 0 Å². The number of ether oxygens (including phenoxy) is 1. The number of methoxy groups -OCH3 is 1. The summed E-state index contributed by atoms with van der Waals surface area (Å²) in [5.74, 6) is 0.231. The fraction of sp³-hybridized carbons (Fsp3) is 0.312. The summed E-state index contributed by atoms with van der Waals surface area (Å²) in [5, 5.41) is 6.65. The third-order valence-corrected chi connectivity index (χ3v) is 3.37. The van der Waals surface area contributed by atoms with Crippen molar-refractivity contribution in [2.24, 2.45) is 0 Å². The molecular weight excluding hydrogens is 284 g/mol. The Hall–Kier alpha value is -2.63. The summed E-state index contributed by atoms with van der Waals surface area (Å²) in [6, 6.07) is 6.55. The molecular formula is C16H18N2O4. The minimum Gasteiger partial charge on any atom is -0.465 e. The summed E-state index contributed by atoms with van der Waals surface area (Å²) in [7, 11) is 1.33. The van der Waals surface area contributed by atoms with Gasteiger partial charge in [-0.15, -0.1) is 0 Å². The summed E-state index contributed by atoms with van der Waals surface area (Å²) in [6.07, 6.45) is 0.912. The molecule has 6 heteroatoms. The maximum Gasteiger partial charge on any atom is 0.337 e. The van der Waals surface area contributed by atoms with E-state index in [9.17, 15) is 9.59 Å². The summed E-state index contributed by atoms with van der Waals surface area (Å²) in [5.41, 5.74) is 2.86. The lowest BCUT2D eigenvalue weighted by atomic mass is 10.1. The van der Waals surface area contributed by atoms with Crippen molar-refractivity contribution in [2.75, 3.05) is 12.4 Å². The van der Waals surface area contributed by atoms with E-state index in [4.69, 9.17) is 4.52 Å². The molecule has 0 saturated heterocycles. The van der Waals surface area contributed by atoms with Crippen LogP contribution < -0.4 is 5.32 Å². The fourth-order valence-electron chi connectivity index (χ4n) is 2.13. The van der Waals surface area contributed by atoms with Gasteiger partial charge in [-0.1, -0.05) is 5.16 Å². The number of nitrogens with zero attached hydrogens (tertiary/aromatic N) is 1. The second-order valence-corrected chi connectivity index (χ2v) is 4.92. The van der Waals surface area contributed by atoms with Gasteiger partial charge < -0.3 is 14.6 Å². The molecule has 0 radical (unpaired) electrons. The van der Waals surface area contributed by atoms with E-state index in [2.05, 4.69) is 15.2 Å². The van der Waals surface area contributed by atoms with Crippen LogP contribution in [0.3, 0.4) is 0 Å². The predicted molar refractivity (Wildman–Crippen MR) is 80.7 cm³/mol. The molecule has 0 unspecified atom stereocenters. The van der Waals surface area contributed by atoms with E-state index in [1.54, 1.807) is 24.3 Å². The van der Waals surface area contributed by atoms with Crippen LogP contribution in [0.5, 0.6) is 0 Å². The van der Waals surface area contributed by atoms with Gasteiger partial charge >= 0.3 is 5.97 Å². The first-order chi connectivity index (χ1) is 10.5. The van der Waals surface area contributed by atoms with E-state index in [1.165, 1.54) is 7.11 Å². The second kappa shape index (κ2) is 6.89. The highest BCUT2D eigenvalue weighted by molar-refractivity contribution is 5.93. The van der Waals surface area contributed by atoms with Crippen molar-refractivity contribution in [1.29, 1.82) is 0 Å². The number of rotatable bonds is 5. The normalized spacial score (nSPS) is 10.3. The Labute approximate surface area is 128 Å². The molecule has 0 spiro atoms. The molecule has 0 aliphatic carbocycles. The first-order valence-electron chi connectivity index (χ1n) is 6.91. The number of hydrogen-bond donors (Lipinski definition) is 1. The van der Waals surface area contributed by atoms with Crippen molar-refractivity contribution < 1.29 is 18.8 Å². The number of anilines is 1. The maximum atomic E-state index is 12.0. The molecule has 0 aliphatic heterocycles. The summed E-state index contributed by atoms with van der Waals surface area (Å²) in [6.45, 7) is 3.69. The molecule has 22 heavy (non-hydrogen) atoms. The highest BCUT2D eigenvalue weighted by atomic mass is 16.5. The van der Waals surface area contributed by atoms with Crippen molar-refractivity contribution in [3.05, 3.63) is 46.8 Å². The lowest BCUT2D eigenvalue weighted by Crippen LogP contribution is -2.13. The molecule has 2 rings (SSSR count). The molecule has 0 atom stereocenters. The van der Waals surface area contributed by atoms with E-state index in [1.807, 2.05) is 13.8 Å². The van der Waals surface area contributed by atoms with Crippen LogP contribution in [0, 0.1) is 13.8 Å². The van der Waals surface area contributed by atoms with Gasteiger partial charge in [-0.2, -0.15) is 0 Å². The van der Waals surface area contributed by atoms with Crippen LogP contribution in [0.25, 0.3) is 0 Å². The molecule has 0 aliphatic rings.